The first-order chi connectivity index (χ1) is 6.29. The summed E-state index contributed by atoms with van der Waals surface area (Å²) < 4.78 is 0. The number of nitrogens with two attached hydrogens (primary N) is 1. The monoisotopic (exact) mass is 195 g/mol. The Kier molecular flexibility index (Phi) is 2.56. The molecule has 0 spiro atoms. The molecule has 0 bridgehead atoms. The first-order valence-electron chi connectivity index (χ1n) is 4.74. The molecule has 2 N–H and O–H groups in total. The molecule has 2 rings (SSSR count). The van der Waals surface area contributed by atoms with E-state index in [1.165, 1.54) is 12.0 Å². The lowest BCUT2D eigenvalue weighted by molar-refractivity contribution is 0.704. The predicted octanol–water partition coefficient (Wildman–Crippen LogP) is 2.48. The van der Waals surface area contributed by atoms with Crippen LogP contribution >= 0.6 is 11.6 Å². The van der Waals surface area contributed by atoms with Crippen molar-refractivity contribution >= 4 is 11.6 Å². The fourth-order valence-electron chi connectivity index (χ4n) is 1.82. The fourth-order valence-corrected chi connectivity index (χ4v) is 2.03. The highest BCUT2D eigenvalue weighted by Crippen LogP contribution is 2.40. The number of rotatable bonds is 3. The zero-order chi connectivity index (χ0) is 9.26. The van der Waals surface area contributed by atoms with Gasteiger partial charge in [0, 0.05) is 5.02 Å². The molecule has 1 aromatic rings. The second kappa shape index (κ2) is 3.69. The van der Waals surface area contributed by atoms with E-state index in [2.05, 4.69) is 6.07 Å². The number of hydrogen-bond acceptors (Lipinski definition) is 1. The summed E-state index contributed by atoms with van der Waals surface area (Å²) in [5.74, 6) is 1.57. The highest BCUT2D eigenvalue weighted by Gasteiger charge is 2.35. The smallest absolute Gasteiger partial charge is 0.0408 e. The molecule has 70 valence electrons. The molecule has 0 amide bonds. The number of benzene rings is 1. The number of hydrogen-bond donors (Lipinski definition) is 1. The molecule has 1 fully saturated rings. The van der Waals surface area contributed by atoms with Gasteiger partial charge in [0.2, 0.25) is 0 Å². The van der Waals surface area contributed by atoms with Crippen molar-refractivity contribution in [3.63, 3.8) is 0 Å². The first kappa shape index (κ1) is 9.04. The van der Waals surface area contributed by atoms with E-state index in [0.717, 1.165) is 29.8 Å². The maximum Gasteiger partial charge on any atom is 0.0408 e. The van der Waals surface area contributed by atoms with Crippen molar-refractivity contribution in [2.24, 2.45) is 17.6 Å². The van der Waals surface area contributed by atoms with E-state index in [0.29, 0.717) is 0 Å². The third-order valence-electron chi connectivity index (χ3n) is 2.76. The van der Waals surface area contributed by atoms with Gasteiger partial charge in [-0.3, -0.25) is 0 Å². The van der Waals surface area contributed by atoms with Gasteiger partial charge in [-0.25, -0.2) is 0 Å². The topological polar surface area (TPSA) is 26.0 Å². The summed E-state index contributed by atoms with van der Waals surface area (Å²) >= 11 is 5.89. The van der Waals surface area contributed by atoms with Gasteiger partial charge >= 0.3 is 0 Å². The standard InChI is InChI=1S/C11H14ClN/c12-11-3-1-2-8(5-11)4-9-6-10(9)7-13/h1-3,5,9-10H,4,6-7,13H2. The zero-order valence-electron chi connectivity index (χ0n) is 7.54. The van der Waals surface area contributed by atoms with Crippen LogP contribution in [0.3, 0.4) is 0 Å². The van der Waals surface area contributed by atoms with Crippen LogP contribution in [-0.2, 0) is 6.42 Å². The van der Waals surface area contributed by atoms with E-state index in [-0.39, 0.29) is 0 Å². The van der Waals surface area contributed by atoms with E-state index in [9.17, 15) is 0 Å². The van der Waals surface area contributed by atoms with Crippen LogP contribution in [0.15, 0.2) is 24.3 Å². The van der Waals surface area contributed by atoms with Gasteiger partial charge in [-0.2, -0.15) is 0 Å². The van der Waals surface area contributed by atoms with Crippen molar-refractivity contribution in [3.05, 3.63) is 34.9 Å². The Labute approximate surface area is 83.9 Å². The molecule has 1 aliphatic rings. The van der Waals surface area contributed by atoms with Gasteiger partial charge in [0.15, 0.2) is 0 Å². The molecule has 2 heteroatoms. The molecular formula is C11H14ClN. The largest absolute Gasteiger partial charge is 0.330 e. The molecule has 2 unspecified atom stereocenters. The Hall–Kier alpha value is -0.530. The fraction of sp³-hybridized carbons (Fsp3) is 0.455. The molecule has 13 heavy (non-hydrogen) atoms. The van der Waals surface area contributed by atoms with Crippen LogP contribution in [0.25, 0.3) is 0 Å². The van der Waals surface area contributed by atoms with Gasteiger partial charge in [0.05, 0.1) is 0 Å². The van der Waals surface area contributed by atoms with Crippen molar-refractivity contribution in [1.82, 2.24) is 0 Å². The summed E-state index contributed by atoms with van der Waals surface area (Å²) in [6.07, 6.45) is 2.44. The molecule has 0 aromatic heterocycles. The van der Waals surface area contributed by atoms with Crippen LogP contribution in [0.2, 0.25) is 5.02 Å². The zero-order valence-corrected chi connectivity index (χ0v) is 8.30. The molecule has 0 heterocycles. The van der Waals surface area contributed by atoms with E-state index >= 15 is 0 Å². The second-order valence-electron chi connectivity index (χ2n) is 3.83. The first-order valence-corrected chi connectivity index (χ1v) is 5.12. The third-order valence-corrected chi connectivity index (χ3v) is 2.99. The van der Waals surface area contributed by atoms with Crippen molar-refractivity contribution in [2.75, 3.05) is 6.54 Å². The van der Waals surface area contributed by atoms with E-state index in [1.807, 2.05) is 18.2 Å². The summed E-state index contributed by atoms with van der Waals surface area (Å²) in [6, 6.07) is 8.11. The average molecular weight is 196 g/mol. The van der Waals surface area contributed by atoms with Gasteiger partial charge in [-0.1, -0.05) is 23.7 Å². The van der Waals surface area contributed by atoms with Crippen LogP contribution in [0.5, 0.6) is 0 Å². The minimum atomic E-state index is 0.763. The second-order valence-corrected chi connectivity index (χ2v) is 4.26. The minimum absolute atomic E-state index is 0.763. The third kappa shape index (κ3) is 2.23. The van der Waals surface area contributed by atoms with Crippen molar-refractivity contribution in [2.45, 2.75) is 12.8 Å². The summed E-state index contributed by atoms with van der Waals surface area (Å²) in [4.78, 5) is 0. The van der Waals surface area contributed by atoms with Crippen LogP contribution < -0.4 is 5.73 Å². The van der Waals surface area contributed by atoms with E-state index in [1.54, 1.807) is 0 Å². The van der Waals surface area contributed by atoms with Crippen LogP contribution in [-0.4, -0.2) is 6.54 Å². The highest BCUT2D eigenvalue weighted by atomic mass is 35.5. The Morgan fingerprint density at radius 1 is 1.38 bits per heavy atom. The Balaban J connectivity index is 1.95. The maximum atomic E-state index is 5.89. The molecule has 2 atom stereocenters. The summed E-state index contributed by atoms with van der Waals surface area (Å²) in [5.41, 5.74) is 6.92. The van der Waals surface area contributed by atoms with E-state index < -0.39 is 0 Å². The van der Waals surface area contributed by atoms with Gasteiger partial charge in [-0.05, 0) is 48.9 Å². The average Bonchev–Trinajstić information content (AvgIpc) is 2.83. The lowest BCUT2D eigenvalue weighted by Gasteiger charge is -2.00. The molecule has 1 aromatic carbocycles. The molecule has 1 aliphatic carbocycles. The molecule has 1 saturated carbocycles. The normalized spacial score (nSPS) is 26.0. The van der Waals surface area contributed by atoms with Crippen LogP contribution in [0.4, 0.5) is 0 Å². The summed E-state index contributed by atoms with van der Waals surface area (Å²) in [7, 11) is 0. The molecule has 0 radical (unpaired) electrons. The van der Waals surface area contributed by atoms with E-state index in [4.69, 9.17) is 17.3 Å². The quantitative estimate of drug-likeness (QED) is 0.788. The van der Waals surface area contributed by atoms with Gasteiger partial charge in [0.25, 0.3) is 0 Å². The van der Waals surface area contributed by atoms with Crippen molar-refractivity contribution in [1.29, 1.82) is 0 Å². The van der Waals surface area contributed by atoms with Gasteiger partial charge < -0.3 is 5.73 Å². The summed E-state index contributed by atoms with van der Waals surface area (Å²) in [6.45, 7) is 0.839. The molecule has 0 aliphatic heterocycles. The SMILES string of the molecule is NCC1CC1Cc1cccc(Cl)c1. The molecule has 1 nitrogen and oxygen atoms in total. The Morgan fingerprint density at radius 2 is 2.23 bits per heavy atom. The Morgan fingerprint density at radius 3 is 2.85 bits per heavy atom. The van der Waals surface area contributed by atoms with Crippen molar-refractivity contribution in [3.8, 4) is 0 Å². The van der Waals surface area contributed by atoms with Gasteiger partial charge in [-0.15, -0.1) is 0 Å². The predicted molar refractivity (Wildman–Crippen MR) is 55.8 cm³/mol. The Bertz CT molecular complexity index is 298. The minimum Gasteiger partial charge on any atom is -0.330 e. The molecular weight excluding hydrogens is 182 g/mol. The summed E-state index contributed by atoms with van der Waals surface area (Å²) in [5, 5.41) is 0.836. The number of halogens is 1. The lowest BCUT2D eigenvalue weighted by atomic mass is 10.1. The lowest BCUT2D eigenvalue weighted by Crippen LogP contribution is -2.03. The maximum absolute atomic E-state index is 5.89. The van der Waals surface area contributed by atoms with Crippen LogP contribution in [0, 0.1) is 11.8 Å². The highest BCUT2D eigenvalue weighted by molar-refractivity contribution is 6.30. The van der Waals surface area contributed by atoms with Crippen LogP contribution in [0.1, 0.15) is 12.0 Å². The molecule has 0 saturated heterocycles. The van der Waals surface area contributed by atoms with Crippen molar-refractivity contribution < 1.29 is 0 Å². The van der Waals surface area contributed by atoms with Gasteiger partial charge in [0.1, 0.15) is 0 Å².